The first kappa shape index (κ1) is 28.4. The number of aliphatic hydroxyl groups excluding tert-OH is 1. The van der Waals surface area contributed by atoms with Crippen molar-refractivity contribution in [2.24, 2.45) is 11.8 Å². The molecule has 0 saturated carbocycles. The second-order valence-electron chi connectivity index (χ2n) is 10.8. The molecule has 8 heteroatoms. The zero-order valence-electron chi connectivity index (χ0n) is 22.7. The van der Waals surface area contributed by atoms with Crippen LogP contribution in [0, 0.1) is 11.8 Å². The molecule has 3 aliphatic heterocycles. The van der Waals surface area contributed by atoms with Gasteiger partial charge in [0.25, 0.3) is 0 Å². The molecule has 0 radical (unpaired) electrons. The van der Waals surface area contributed by atoms with Gasteiger partial charge in [0.15, 0.2) is 0 Å². The van der Waals surface area contributed by atoms with Gasteiger partial charge in [-0.15, -0.1) is 24.9 Å². The third-order valence-electron chi connectivity index (χ3n) is 8.42. The SMILES string of the molecule is C=CCN(CCCC)C(=O)C1N(CCCO)C(=O)[C@@H]2[C@H](C(=O)N(CC=C)c3ccccc3)[C@]3(C)CCC12S3. The molecule has 5 atom stereocenters. The fourth-order valence-electron chi connectivity index (χ4n) is 6.76. The number of anilines is 1. The Kier molecular flexibility index (Phi) is 8.72. The van der Waals surface area contributed by atoms with Crippen molar-refractivity contribution in [3.63, 3.8) is 0 Å². The number of para-hydroxylation sites is 1. The third-order valence-corrected chi connectivity index (χ3v) is 10.4. The molecule has 2 unspecified atom stereocenters. The number of carbonyl (C=O) groups excluding carboxylic acids is 3. The molecule has 1 aromatic rings. The van der Waals surface area contributed by atoms with E-state index in [2.05, 4.69) is 27.0 Å². The summed E-state index contributed by atoms with van der Waals surface area (Å²) in [4.78, 5) is 48.0. The van der Waals surface area contributed by atoms with Gasteiger partial charge in [0.2, 0.25) is 17.7 Å². The number of carbonyl (C=O) groups is 3. The number of nitrogens with zero attached hydrogens (tertiary/aromatic N) is 3. The predicted octanol–water partition coefficient (Wildman–Crippen LogP) is 3.88. The van der Waals surface area contributed by atoms with Crippen LogP contribution in [0.15, 0.2) is 55.6 Å². The second kappa shape index (κ2) is 11.7. The Morgan fingerprint density at radius 1 is 1.13 bits per heavy atom. The van der Waals surface area contributed by atoms with Crippen LogP contribution < -0.4 is 4.90 Å². The quantitative estimate of drug-likeness (QED) is 0.385. The average molecular weight is 540 g/mol. The van der Waals surface area contributed by atoms with Crippen LogP contribution in [-0.2, 0) is 14.4 Å². The molecule has 3 aliphatic rings. The fraction of sp³-hybridized carbons (Fsp3) is 0.567. The maximum atomic E-state index is 14.3. The molecule has 38 heavy (non-hydrogen) atoms. The van der Waals surface area contributed by atoms with E-state index in [4.69, 9.17) is 0 Å². The number of rotatable bonds is 13. The van der Waals surface area contributed by atoms with Gasteiger partial charge in [-0.1, -0.05) is 43.7 Å². The van der Waals surface area contributed by atoms with Crippen molar-refractivity contribution in [3.05, 3.63) is 55.6 Å². The van der Waals surface area contributed by atoms with E-state index in [1.807, 2.05) is 35.2 Å². The van der Waals surface area contributed by atoms with Gasteiger partial charge in [-0.25, -0.2) is 0 Å². The lowest BCUT2D eigenvalue weighted by molar-refractivity contribution is -0.143. The molecular formula is C30H41N3O4S. The highest BCUT2D eigenvalue weighted by Gasteiger charge is 2.77. The molecule has 2 bridgehead atoms. The molecule has 3 saturated heterocycles. The Labute approximate surface area is 230 Å². The van der Waals surface area contributed by atoms with Crippen LogP contribution in [0.1, 0.15) is 46.0 Å². The summed E-state index contributed by atoms with van der Waals surface area (Å²) in [5, 5.41) is 9.60. The van der Waals surface area contributed by atoms with Gasteiger partial charge < -0.3 is 19.8 Å². The summed E-state index contributed by atoms with van der Waals surface area (Å²) < 4.78 is -1.11. The van der Waals surface area contributed by atoms with E-state index in [1.54, 1.807) is 33.7 Å². The number of hydrogen-bond acceptors (Lipinski definition) is 5. The summed E-state index contributed by atoms with van der Waals surface area (Å²) in [6.07, 6.45) is 7.13. The topological polar surface area (TPSA) is 81.2 Å². The van der Waals surface area contributed by atoms with E-state index in [1.165, 1.54) is 0 Å². The highest BCUT2D eigenvalue weighted by atomic mass is 32.2. The van der Waals surface area contributed by atoms with E-state index in [0.717, 1.165) is 24.9 Å². The number of thioether (sulfide) groups is 1. The molecular weight excluding hydrogens is 498 g/mol. The number of fused-ring (bicyclic) bond motifs is 1. The molecule has 1 N–H and O–H groups in total. The monoisotopic (exact) mass is 539 g/mol. The fourth-order valence-corrected chi connectivity index (χ4v) is 9.10. The molecule has 3 amide bonds. The van der Waals surface area contributed by atoms with Crippen molar-refractivity contribution in [1.29, 1.82) is 0 Å². The maximum Gasteiger partial charge on any atom is 0.247 e. The summed E-state index contributed by atoms with van der Waals surface area (Å²) in [5.41, 5.74) is 0.773. The molecule has 3 heterocycles. The van der Waals surface area contributed by atoms with Crippen molar-refractivity contribution in [1.82, 2.24) is 9.80 Å². The summed E-state index contributed by atoms with van der Waals surface area (Å²) in [7, 11) is 0. The van der Waals surface area contributed by atoms with Crippen LogP contribution in [-0.4, -0.2) is 80.9 Å². The van der Waals surface area contributed by atoms with Crippen LogP contribution in [0.4, 0.5) is 5.69 Å². The lowest BCUT2D eigenvalue weighted by Gasteiger charge is -2.38. The zero-order valence-corrected chi connectivity index (χ0v) is 23.5. The summed E-state index contributed by atoms with van der Waals surface area (Å²) in [6, 6.07) is 8.85. The number of unbranched alkanes of at least 4 members (excludes halogenated alkanes) is 1. The molecule has 206 valence electrons. The number of benzene rings is 1. The summed E-state index contributed by atoms with van der Waals surface area (Å²) in [6.45, 7) is 13.5. The van der Waals surface area contributed by atoms with Gasteiger partial charge in [0.05, 0.1) is 16.6 Å². The third kappa shape index (κ3) is 4.70. The Balaban J connectivity index is 1.76. The molecule has 1 spiro atoms. The minimum atomic E-state index is -0.666. The van der Waals surface area contributed by atoms with Gasteiger partial charge in [-0.05, 0) is 44.7 Å². The predicted molar refractivity (Wildman–Crippen MR) is 153 cm³/mol. The maximum absolute atomic E-state index is 14.3. The van der Waals surface area contributed by atoms with Crippen LogP contribution >= 0.6 is 11.8 Å². The van der Waals surface area contributed by atoms with Gasteiger partial charge in [-0.2, -0.15) is 0 Å². The van der Waals surface area contributed by atoms with E-state index in [0.29, 0.717) is 39.0 Å². The van der Waals surface area contributed by atoms with Crippen LogP contribution in [0.2, 0.25) is 0 Å². The Bertz CT molecular complexity index is 1060. The lowest BCUT2D eigenvalue weighted by atomic mass is 9.66. The Morgan fingerprint density at radius 2 is 1.84 bits per heavy atom. The summed E-state index contributed by atoms with van der Waals surface area (Å²) >= 11 is 1.68. The van der Waals surface area contributed by atoms with Gasteiger partial charge in [-0.3, -0.25) is 14.4 Å². The molecule has 0 aliphatic carbocycles. The highest BCUT2D eigenvalue weighted by Crippen LogP contribution is 2.71. The number of hydrogen-bond donors (Lipinski definition) is 1. The first-order chi connectivity index (χ1) is 18.3. The molecule has 3 fully saturated rings. The summed E-state index contributed by atoms with van der Waals surface area (Å²) in [5.74, 6) is -1.42. The molecule has 4 rings (SSSR count). The van der Waals surface area contributed by atoms with Gasteiger partial charge >= 0.3 is 0 Å². The van der Waals surface area contributed by atoms with Crippen molar-refractivity contribution in [2.45, 2.75) is 61.5 Å². The van der Waals surface area contributed by atoms with Crippen molar-refractivity contribution >= 4 is 35.2 Å². The van der Waals surface area contributed by atoms with Gasteiger partial charge in [0.1, 0.15) is 6.04 Å². The minimum Gasteiger partial charge on any atom is -0.396 e. The van der Waals surface area contributed by atoms with E-state index < -0.39 is 27.4 Å². The van der Waals surface area contributed by atoms with E-state index in [-0.39, 0.29) is 24.3 Å². The van der Waals surface area contributed by atoms with Crippen molar-refractivity contribution < 1.29 is 19.5 Å². The minimum absolute atomic E-state index is 0.0666. The second-order valence-corrected chi connectivity index (χ2v) is 12.7. The Hall–Kier alpha value is -2.58. The van der Waals surface area contributed by atoms with Gasteiger partial charge in [0, 0.05) is 43.2 Å². The zero-order chi connectivity index (χ0) is 27.5. The smallest absolute Gasteiger partial charge is 0.247 e. The molecule has 1 aromatic carbocycles. The first-order valence-corrected chi connectivity index (χ1v) is 14.6. The van der Waals surface area contributed by atoms with Crippen LogP contribution in [0.5, 0.6) is 0 Å². The molecule has 7 nitrogen and oxygen atoms in total. The number of likely N-dealkylation sites (tertiary alicyclic amines) is 1. The molecule has 0 aromatic heterocycles. The van der Waals surface area contributed by atoms with E-state index in [9.17, 15) is 19.5 Å². The van der Waals surface area contributed by atoms with Crippen LogP contribution in [0.3, 0.4) is 0 Å². The number of aliphatic hydroxyl groups is 1. The largest absolute Gasteiger partial charge is 0.396 e. The normalized spacial score (nSPS) is 29.3. The van der Waals surface area contributed by atoms with Crippen molar-refractivity contribution in [3.8, 4) is 0 Å². The number of amides is 3. The average Bonchev–Trinajstić information content (AvgIpc) is 3.48. The van der Waals surface area contributed by atoms with Crippen molar-refractivity contribution in [2.75, 3.05) is 37.7 Å². The van der Waals surface area contributed by atoms with Crippen LogP contribution in [0.25, 0.3) is 0 Å². The van der Waals surface area contributed by atoms with E-state index >= 15 is 0 Å². The lowest BCUT2D eigenvalue weighted by Crippen LogP contribution is -2.55. The highest BCUT2D eigenvalue weighted by molar-refractivity contribution is 8.02. The Morgan fingerprint density at radius 3 is 2.47 bits per heavy atom. The first-order valence-electron chi connectivity index (χ1n) is 13.8. The standard InChI is InChI=1S/C30H41N3O4S/c1-5-8-19-31(17-6-2)28(37)25-30-16-15-29(4,38-30)23(24(30)27(36)33(25)20-12-21-34)26(35)32(18-7-3)22-13-10-9-11-14-22/h6-7,9-11,13-14,23-25,34H,2-3,5,8,12,15-21H2,1,4H3/t23-,24+,25?,29+,30?/m1/s1.